The lowest BCUT2D eigenvalue weighted by atomic mass is 10.1. The average molecular weight is 221 g/mol. The first-order valence-electron chi connectivity index (χ1n) is 4.00. The van der Waals surface area contributed by atoms with Crippen molar-refractivity contribution in [2.45, 2.75) is 24.6 Å². The molecule has 0 amide bonds. The van der Waals surface area contributed by atoms with Crippen LogP contribution in [0.15, 0.2) is 0 Å². The fourth-order valence-electron chi connectivity index (χ4n) is 0.691. The number of carboxylic acid groups (broad SMARTS) is 1. The van der Waals surface area contributed by atoms with E-state index >= 15 is 0 Å². The molecule has 6 heteroatoms. The van der Waals surface area contributed by atoms with Gasteiger partial charge in [0.05, 0.1) is 12.9 Å². The van der Waals surface area contributed by atoms with Gasteiger partial charge in [0, 0.05) is 4.75 Å². The Labute approximate surface area is 87.0 Å². The molecule has 82 valence electrons. The van der Waals surface area contributed by atoms with Crippen LogP contribution in [0.4, 0.5) is 0 Å². The number of hydrogen-bond donors (Lipinski definition) is 2. The van der Waals surface area contributed by atoms with E-state index in [1.807, 2.05) is 0 Å². The van der Waals surface area contributed by atoms with Gasteiger partial charge in [0.25, 0.3) is 0 Å². The van der Waals surface area contributed by atoms with E-state index in [1.54, 1.807) is 13.8 Å². The van der Waals surface area contributed by atoms with Gasteiger partial charge >= 0.3 is 11.9 Å². The minimum atomic E-state index is -1.08. The van der Waals surface area contributed by atoms with Gasteiger partial charge in [-0.3, -0.25) is 9.59 Å². The molecule has 0 saturated carbocycles. The Morgan fingerprint density at radius 2 is 2.07 bits per heavy atom. The standard InChI is InChI=1S/C8H15NO4S/c1-8(2,6(9)7(11)12)14-4-5(10)13-3/h6H,4,9H2,1-3H3,(H,11,12)/t6-/m1/s1. The second-order valence-corrected chi connectivity index (χ2v) is 4.91. The first-order chi connectivity index (χ1) is 6.31. The van der Waals surface area contributed by atoms with Crippen LogP contribution in [-0.4, -0.2) is 40.7 Å². The lowest BCUT2D eigenvalue weighted by Crippen LogP contribution is -2.47. The molecule has 0 bridgehead atoms. The smallest absolute Gasteiger partial charge is 0.321 e. The number of carbonyl (C=O) groups is 2. The van der Waals surface area contributed by atoms with Gasteiger partial charge in [-0.15, -0.1) is 11.8 Å². The molecule has 0 heterocycles. The van der Waals surface area contributed by atoms with E-state index in [2.05, 4.69) is 4.74 Å². The van der Waals surface area contributed by atoms with Crippen LogP contribution in [0.25, 0.3) is 0 Å². The van der Waals surface area contributed by atoms with Crippen LogP contribution in [0.3, 0.4) is 0 Å². The largest absolute Gasteiger partial charge is 0.480 e. The molecule has 5 nitrogen and oxygen atoms in total. The molecule has 0 fully saturated rings. The molecular formula is C8H15NO4S. The predicted octanol–water partition coefficient (Wildman–Crippen LogP) is 0.0831. The van der Waals surface area contributed by atoms with E-state index in [0.717, 1.165) is 0 Å². The minimum Gasteiger partial charge on any atom is -0.480 e. The SMILES string of the molecule is COC(=O)CSC(C)(C)[C@H](N)C(=O)O. The fourth-order valence-corrected chi connectivity index (χ4v) is 1.58. The van der Waals surface area contributed by atoms with Gasteiger partial charge in [0.1, 0.15) is 6.04 Å². The Bertz CT molecular complexity index is 229. The Hall–Kier alpha value is -0.750. The fraction of sp³-hybridized carbons (Fsp3) is 0.750. The monoisotopic (exact) mass is 221 g/mol. The second-order valence-electron chi connectivity index (χ2n) is 3.28. The first-order valence-corrected chi connectivity index (χ1v) is 4.99. The van der Waals surface area contributed by atoms with Crippen molar-refractivity contribution >= 4 is 23.7 Å². The zero-order valence-corrected chi connectivity index (χ0v) is 9.26. The molecule has 0 radical (unpaired) electrons. The number of nitrogens with two attached hydrogens (primary N) is 1. The minimum absolute atomic E-state index is 0.102. The molecule has 1 atom stereocenters. The van der Waals surface area contributed by atoms with Crippen molar-refractivity contribution in [2.75, 3.05) is 12.9 Å². The Morgan fingerprint density at radius 1 is 1.57 bits per heavy atom. The number of methoxy groups -OCH3 is 1. The summed E-state index contributed by atoms with van der Waals surface area (Å²) < 4.78 is 3.74. The van der Waals surface area contributed by atoms with E-state index < -0.39 is 16.8 Å². The normalized spacial score (nSPS) is 13.4. The quantitative estimate of drug-likeness (QED) is 0.639. The van der Waals surface area contributed by atoms with E-state index in [0.29, 0.717) is 0 Å². The number of esters is 1. The van der Waals surface area contributed by atoms with Crippen LogP contribution in [0, 0.1) is 0 Å². The van der Waals surface area contributed by atoms with Gasteiger partial charge in [0.15, 0.2) is 0 Å². The number of ether oxygens (including phenoxy) is 1. The zero-order chi connectivity index (χ0) is 11.4. The molecule has 14 heavy (non-hydrogen) atoms. The molecule has 0 aromatic heterocycles. The van der Waals surface area contributed by atoms with Gasteiger partial charge < -0.3 is 15.6 Å². The number of carboxylic acids is 1. The van der Waals surface area contributed by atoms with Crippen LogP contribution < -0.4 is 5.73 Å². The van der Waals surface area contributed by atoms with Crippen LogP contribution in [0.5, 0.6) is 0 Å². The number of thioether (sulfide) groups is 1. The Balaban J connectivity index is 4.19. The second kappa shape index (κ2) is 5.21. The first kappa shape index (κ1) is 13.2. The van der Waals surface area contributed by atoms with Crippen molar-refractivity contribution in [3.05, 3.63) is 0 Å². The van der Waals surface area contributed by atoms with Crippen LogP contribution in [0.1, 0.15) is 13.8 Å². The Morgan fingerprint density at radius 3 is 2.43 bits per heavy atom. The van der Waals surface area contributed by atoms with Crippen molar-refractivity contribution in [2.24, 2.45) is 5.73 Å². The third kappa shape index (κ3) is 3.97. The van der Waals surface area contributed by atoms with E-state index in [9.17, 15) is 9.59 Å². The van der Waals surface area contributed by atoms with Crippen LogP contribution in [-0.2, 0) is 14.3 Å². The van der Waals surface area contributed by atoms with Gasteiger partial charge in [-0.05, 0) is 13.8 Å². The topological polar surface area (TPSA) is 89.6 Å². The van der Waals surface area contributed by atoms with Gasteiger partial charge in [-0.1, -0.05) is 0 Å². The van der Waals surface area contributed by atoms with Crippen molar-refractivity contribution in [1.82, 2.24) is 0 Å². The summed E-state index contributed by atoms with van der Waals surface area (Å²) in [4.78, 5) is 21.4. The third-order valence-corrected chi connectivity index (χ3v) is 3.18. The maximum atomic E-state index is 10.8. The number of aliphatic carboxylic acids is 1. The molecule has 0 saturated heterocycles. The summed E-state index contributed by atoms with van der Waals surface area (Å²) in [7, 11) is 1.28. The van der Waals surface area contributed by atoms with Gasteiger partial charge in [-0.2, -0.15) is 0 Å². The highest BCUT2D eigenvalue weighted by atomic mass is 32.2. The summed E-state index contributed by atoms with van der Waals surface area (Å²) in [5.74, 6) is -1.36. The summed E-state index contributed by atoms with van der Waals surface area (Å²) in [5.41, 5.74) is 5.45. The summed E-state index contributed by atoms with van der Waals surface area (Å²) in [6.45, 7) is 3.36. The molecule has 0 aromatic rings. The molecule has 0 aliphatic rings. The molecule has 0 rings (SSSR count). The van der Waals surface area contributed by atoms with E-state index in [4.69, 9.17) is 10.8 Å². The molecule has 0 aliphatic carbocycles. The molecule has 0 aliphatic heterocycles. The van der Waals surface area contributed by atoms with E-state index in [1.165, 1.54) is 18.9 Å². The zero-order valence-electron chi connectivity index (χ0n) is 8.44. The molecule has 0 aromatic carbocycles. The highest BCUT2D eigenvalue weighted by Gasteiger charge is 2.33. The van der Waals surface area contributed by atoms with Gasteiger partial charge in [-0.25, -0.2) is 0 Å². The highest BCUT2D eigenvalue weighted by Crippen LogP contribution is 2.27. The lowest BCUT2D eigenvalue weighted by molar-refractivity contribution is -0.139. The maximum absolute atomic E-state index is 10.8. The predicted molar refractivity (Wildman–Crippen MR) is 54.2 cm³/mol. The van der Waals surface area contributed by atoms with Gasteiger partial charge in [0.2, 0.25) is 0 Å². The number of rotatable bonds is 5. The molecular weight excluding hydrogens is 206 g/mol. The van der Waals surface area contributed by atoms with Crippen LogP contribution in [0.2, 0.25) is 0 Å². The van der Waals surface area contributed by atoms with Crippen molar-refractivity contribution in [3.63, 3.8) is 0 Å². The highest BCUT2D eigenvalue weighted by molar-refractivity contribution is 8.01. The average Bonchev–Trinajstić information content (AvgIpc) is 2.12. The lowest BCUT2D eigenvalue weighted by Gasteiger charge is -2.27. The Kier molecular flexibility index (Phi) is 4.93. The number of hydrogen-bond acceptors (Lipinski definition) is 5. The third-order valence-electron chi connectivity index (χ3n) is 1.80. The van der Waals surface area contributed by atoms with Crippen LogP contribution >= 0.6 is 11.8 Å². The van der Waals surface area contributed by atoms with Crippen molar-refractivity contribution in [3.8, 4) is 0 Å². The molecule has 0 spiro atoms. The summed E-state index contributed by atoms with van der Waals surface area (Å²) >= 11 is 1.17. The summed E-state index contributed by atoms with van der Waals surface area (Å²) in [6, 6.07) is -1.00. The molecule has 0 unspecified atom stereocenters. The molecule has 3 N–H and O–H groups in total. The number of carbonyl (C=O) groups excluding carboxylic acids is 1. The van der Waals surface area contributed by atoms with E-state index in [-0.39, 0.29) is 11.7 Å². The summed E-state index contributed by atoms with van der Waals surface area (Å²) in [6.07, 6.45) is 0. The van der Waals surface area contributed by atoms with Crippen molar-refractivity contribution in [1.29, 1.82) is 0 Å². The summed E-state index contributed by atoms with van der Waals surface area (Å²) in [5, 5.41) is 8.69. The maximum Gasteiger partial charge on any atom is 0.321 e. The van der Waals surface area contributed by atoms with Crippen molar-refractivity contribution < 1.29 is 19.4 Å².